The monoisotopic (exact) mass is 600 g/mol. The smallest absolute Gasteiger partial charge is 0.320 e. The molecule has 43 heavy (non-hydrogen) atoms. The van der Waals surface area contributed by atoms with E-state index in [4.69, 9.17) is 4.74 Å². The van der Waals surface area contributed by atoms with Crippen molar-refractivity contribution in [2.75, 3.05) is 32.8 Å². The van der Waals surface area contributed by atoms with Crippen LogP contribution in [-0.4, -0.2) is 113 Å². The van der Waals surface area contributed by atoms with Crippen molar-refractivity contribution in [2.45, 2.75) is 94.9 Å². The molecule has 0 aliphatic carbocycles. The molecule has 13 nitrogen and oxygen atoms in total. The Morgan fingerprint density at radius 1 is 1.30 bits per heavy atom. The molecule has 0 radical (unpaired) electrons. The van der Waals surface area contributed by atoms with Crippen molar-refractivity contribution >= 4 is 11.9 Å². The standard InChI is InChI=1S/C29H45FN10O3/c1-4-23(41)38-12-11-37(16-19(38)7-9-31)26-20-14-21(30)28-34-27(20)39(29(42)35-26)25-22(8-10-32-24(25)17(2)3)43-13-5-6-18-15-33-36-40(18)28/h4,15,17,19-22,24-28,32-34,36H,1,5-8,10-14,16H2,2-3H3,(H,35,42). The fourth-order valence-corrected chi connectivity index (χ4v) is 8.02. The number of hydrogen-bond acceptors (Lipinski definition) is 10. The van der Waals surface area contributed by atoms with E-state index in [9.17, 15) is 14.9 Å². The van der Waals surface area contributed by atoms with Gasteiger partial charge in [-0.1, -0.05) is 20.4 Å². The van der Waals surface area contributed by atoms with Gasteiger partial charge in [0, 0.05) is 44.4 Å². The molecule has 6 aliphatic rings. The van der Waals surface area contributed by atoms with Crippen molar-refractivity contribution < 1.29 is 18.7 Å². The Hall–Kier alpha value is -2.96. The van der Waals surface area contributed by atoms with Crippen molar-refractivity contribution in [1.29, 1.82) is 5.26 Å². The lowest BCUT2D eigenvalue weighted by molar-refractivity contribution is -0.136. The minimum Gasteiger partial charge on any atom is -0.376 e. The zero-order valence-corrected chi connectivity index (χ0v) is 25.0. The maximum Gasteiger partial charge on any atom is 0.320 e. The maximum absolute atomic E-state index is 16.3. The van der Waals surface area contributed by atoms with Crippen LogP contribution in [0, 0.1) is 23.2 Å². The molecule has 14 heteroatoms. The third kappa shape index (κ3) is 5.57. The van der Waals surface area contributed by atoms with Gasteiger partial charge in [-0.05, 0) is 44.2 Å². The van der Waals surface area contributed by atoms with Gasteiger partial charge in [-0.25, -0.2) is 9.18 Å². The van der Waals surface area contributed by atoms with E-state index in [0.717, 1.165) is 31.5 Å². The molecule has 236 valence electrons. The summed E-state index contributed by atoms with van der Waals surface area (Å²) < 4.78 is 22.8. The first-order valence-electron chi connectivity index (χ1n) is 15.7. The van der Waals surface area contributed by atoms with Crippen molar-refractivity contribution in [1.82, 2.24) is 46.6 Å². The summed E-state index contributed by atoms with van der Waals surface area (Å²) >= 11 is 0. The van der Waals surface area contributed by atoms with E-state index in [-0.39, 0.29) is 60.8 Å². The molecule has 3 amide bonds. The van der Waals surface area contributed by atoms with Crippen LogP contribution in [0.4, 0.5) is 9.18 Å². The molecule has 0 aromatic rings. The molecule has 6 heterocycles. The molecule has 0 aromatic carbocycles. The van der Waals surface area contributed by atoms with Crippen molar-refractivity contribution in [3.63, 3.8) is 0 Å². The summed E-state index contributed by atoms with van der Waals surface area (Å²) in [6, 6.07) is 1.39. The highest BCUT2D eigenvalue weighted by Gasteiger charge is 2.56. The van der Waals surface area contributed by atoms with E-state index in [1.54, 1.807) is 4.90 Å². The molecule has 5 fully saturated rings. The minimum absolute atomic E-state index is 0.00324. The fraction of sp³-hybridized carbons (Fsp3) is 0.759. The Morgan fingerprint density at radius 3 is 2.91 bits per heavy atom. The van der Waals surface area contributed by atoms with Gasteiger partial charge in [0.25, 0.3) is 0 Å². The largest absolute Gasteiger partial charge is 0.376 e. The molecule has 5 saturated heterocycles. The van der Waals surface area contributed by atoms with E-state index in [0.29, 0.717) is 26.2 Å². The summed E-state index contributed by atoms with van der Waals surface area (Å²) in [4.78, 5) is 32.6. The fourth-order valence-electron chi connectivity index (χ4n) is 8.02. The number of hydrogen-bond donors (Lipinski definition) is 5. The second kappa shape index (κ2) is 12.6. The molecule has 0 aromatic heterocycles. The Morgan fingerprint density at radius 2 is 2.14 bits per heavy atom. The second-order valence-electron chi connectivity index (χ2n) is 12.8. The number of nitrogens with zero attached hydrogens (tertiary/aromatic N) is 5. The highest BCUT2D eigenvalue weighted by atomic mass is 19.1. The molecule has 2 bridgehead atoms. The Bertz CT molecular complexity index is 1150. The lowest BCUT2D eigenvalue weighted by atomic mass is 9.81. The number of piperidine rings is 2. The van der Waals surface area contributed by atoms with Crippen LogP contribution in [0.2, 0.25) is 0 Å². The van der Waals surface area contributed by atoms with Gasteiger partial charge in [0.2, 0.25) is 5.91 Å². The normalized spacial score (nSPS) is 38.4. The minimum atomic E-state index is -1.23. The number of nitrogens with one attached hydrogen (secondary N) is 5. The van der Waals surface area contributed by atoms with Gasteiger partial charge in [-0.15, -0.1) is 5.53 Å². The van der Waals surface area contributed by atoms with Crippen LogP contribution < -0.4 is 26.9 Å². The number of halogens is 1. The van der Waals surface area contributed by atoms with Crippen LogP contribution in [0.1, 0.15) is 46.0 Å². The van der Waals surface area contributed by atoms with Crippen LogP contribution in [0.25, 0.3) is 0 Å². The van der Waals surface area contributed by atoms with Crippen molar-refractivity contribution in [3.05, 3.63) is 24.6 Å². The Kier molecular flexibility index (Phi) is 8.79. The zero-order valence-electron chi connectivity index (χ0n) is 25.0. The number of rotatable bonds is 4. The van der Waals surface area contributed by atoms with Crippen LogP contribution in [-0.2, 0) is 9.53 Å². The Labute approximate surface area is 252 Å². The lowest BCUT2D eigenvalue weighted by Gasteiger charge is -2.59. The third-order valence-electron chi connectivity index (χ3n) is 10.0. The number of hydrazine groups is 2. The van der Waals surface area contributed by atoms with E-state index >= 15 is 4.39 Å². The maximum atomic E-state index is 16.3. The summed E-state index contributed by atoms with van der Waals surface area (Å²) in [6.45, 7) is 10.6. The number of amides is 3. The predicted molar refractivity (Wildman–Crippen MR) is 156 cm³/mol. The number of carbonyl (C=O) groups is 2. The van der Waals surface area contributed by atoms with Gasteiger partial charge in [-0.2, -0.15) is 5.26 Å². The highest BCUT2D eigenvalue weighted by Crippen LogP contribution is 2.39. The first kappa shape index (κ1) is 30.1. The van der Waals surface area contributed by atoms with Gasteiger partial charge in [0.15, 0.2) is 0 Å². The first-order valence-corrected chi connectivity index (χ1v) is 15.7. The summed E-state index contributed by atoms with van der Waals surface area (Å²) in [5.74, 6) is -0.271. The van der Waals surface area contributed by atoms with Gasteiger partial charge in [0.1, 0.15) is 12.3 Å². The van der Waals surface area contributed by atoms with Crippen LogP contribution in [0.15, 0.2) is 24.6 Å². The molecule has 0 saturated carbocycles. The van der Waals surface area contributed by atoms with Gasteiger partial charge in [0.05, 0.1) is 48.7 Å². The summed E-state index contributed by atoms with van der Waals surface area (Å²) in [5.41, 5.74) is 7.07. The summed E-state index contributed by atoms with van der Waals surface area (Å²) in [6.07, 6.45) is 2.80. The number of piperazine rings is 1. The lowest BCUT2D eigenvalue weighted by Crippen LogP contribution is -2.80. The number of urea groups is 1. The molecule has 9 atom stereocenters. The molecule has 9 unspecified atom stereocenters. The molecular weight excluding hydrogens is 555 g/mol. The van der Waals surface area contributed by atoms with E-state index in [1.807, 2.05) is 16.1 Å². The number of alkyl halides is 1. The molecule has 6 aliphatic heterocycles. The number of ether oxygens (including phenoxy) is 1. The van der Waals surface area contributed by atoms with Crippen molar-refractivity contribution in [3.8, 4) is 6.07 Å². The van der Waals surface area contributed by atoms with E-state index in [2.05, 4.69) is 58.3 Å². The van der Waals surface area contributed by atoms with Crippen molar-refractivity contribution in [2.24, 2.45) is 11.8 Å². The average molecular weight is 601 g/mol. The number of carbonyl (C=O) groups excluding carboxylic acids is 2. The third-order valence-corrected chi connectivity index (χ3v) is 10.0. The topological polar surface area (TPSA) is 140 Å². The van der Waals surface area contributed by atoms with Crippen LogP contribution in [0.3, 0.4) is 0 Å². The SMILES string of the molecule is C=CC(=O)N1CCN(C2NC(=O)N3C4NC(C(F)CC24)N2NNC=C2CCCOC2CCNC(C(C)C)C23)CC1CC#N. The summed E-state index contributed by atoms with van der Waals surface area (Å²) in [7, 11) is 0. The van der Waals surface area contributed by atoms with Crippen LogP contribution in [0.5, 0.6) is 0 Å². The molecular formula is C29H45FN10O3. The second-order valence-corrected chi connectivity index (χ2v) is 12.8. The molecule has 6 rings (SSSR count). The van der Waals surface area contributed by atoms with Gasteiger partial charge < -0.3 is 30.6 Å². The predicted octanol–water partition coefficient (Wildman–Crippen LogP) is 0.282. The first-order chi connectivity index (χ1) is 20.8. The molecule has 0 spiro atoms. The number of nitriles is 1. The summed E-state index contributed by atoms with van der Waals surface area (Å²) in [5, 5.41) is 21.9. The highest BCUT2D eigenvalue weighted by molar-refractivity contribution is 5.87. The van der Waals surface area contributed by atoms with Gasteiger partial charge >= 0.3 is 6.03 Å². The van der Waals surface area contributed by atoms with Gasteiger partial charge in [-0.3, -0.25) is 20.0 Å². The zero-order chi connectivity index (χ0) is 30.2. The number of fused-ring (bicyclic) bond motifs is 5. The Balaban J connectivity index is 1.36. The average Bonchev–Trinajstić information content (AvgIpc) is 3.46. The van der Waals surface area contributed by atoms with E-state index in [1.165, 1.54) is 6.08 Å². The number of allylic oxidation sites excluding steroid dienone is 1. The molecule has 5 N–H and O–H groups in total. The quantitative estimate of drug-likeness (QED) is 0.286. The van der Waals surface area contributed by atoms with Crippen LogP contribution >= 0.6 is 0 Å². The van der Waals surface area contributed by atoms with E-state index < -0.39 is 24.7 Å².